The molecule has 0 bridgehead atoms. The first kappa shape index (κ1) is 19.0. The van der Waals surface area contributed by atoms with Crippen molar-refractivity contribution in [1.82, 2.24) is 0 Å². The van der Waals surface area contributed by atoms with Crippen molar-refractivity contribution in [3.05, 3.63) is 11.6 Å². The zero-order valence-electron chi connectivity index (χ0n) is 17.7. The standard InChI is InChI=1S/C24H40O2/c1-6-17-7-8-19-21-16(15-26-5)13-18-14-22(2,25)11-12-24(18,4)20(21)9-10-23(17,19)3/h6,16,18-21,25H,7-15H2,1-5H3/b17-6-/t16-,18-,19-,20-,21-,22+,23+,24-/m0/s1. The van der Waals surface area contributed by atoms with Gasteiger partial charge in [-0.2, -0.15) is 0 Å². The van der Waals surface area contributed by atoms with Gasteiger partial charge < -0.3 is 9.84 Å². The summed E-state index contributed by atoms with van der Waals surface area (Å²) < 4.78 is 5.75. The van der Waals surface area contributed by atoms with Gasteiger partial charge in [-0.1, -0.05) is 25.5 Å². The minimum Gasteiger partial charge on any atom is -0.390 e. The Kier molecular flexibility index (Phi) is 4.63. The molecule has 2 nitrogen and oxygen atoms in total. The first-order chi connectivity index (χ1) is 12.2. The maximum atomic E-state index is 10.8. The van der Waals surface area contributed by atoms with Crippen molar-refractivity contribution in [2.45, 2.75) is 84.7 Å². The van der Waals surface area contributed by atoms with Crippen LogP contribution in [0.2, 0.25) is 0 Å². The van der Waals surface area contributed by atoms with Gasteiger partial charge in [0.15, 0.2) is 0 Å². The first-order valence-electron chi connectivity index (χ1n) is 11.1. The summed E-state index contributed by atoms with van der Waals surface area (Å²) in [5.41, 5.74) is 2.14. The third kappa shape index (κ3) is 2.65. The highest BCUT2D eigenvalue weighted by molar-refractivity contribution is 5.24. The van der Waals surface area contributed by atoms with Gasteiger partial charge in [-0.3, -0.25) is 0 Å². The van der Waals surface area contributed by atoms with Crippen molar-refractivity contribution in [2.75, 3.05) is 13.7 Å². The fraction of sp³-hybridized carbons (Fsp3) is 0.917. The van der Waals surface area contributed by atoms with Crippen LogP contribution in [0.5, 0.6) is 0 Å². The molecule has 4 saturated carbocycles. The molecule has 0 unspecified atom stereocenters. The fourth-order valence-electron chi connectivity index (χ4n) is 8.31. The van der Waals surface area contributed by atoms with Crippen molar-refractivity contribution in [3.8, 4) is 0 Å². The quantitative estimate of drug-likeness (QED) is 0.650. The number of fused-ring (bicyclic) bond motifs is 5. The molecule has 2 heteroatoms. The van der Waals surface area contributed by atoms with E-state index in [0.717, 1.165) is 37.2 Å². The Morgan fingerprint density at radius 2 is 1.88 bits per heavy atom. The monoisotopic (exact) mass is 360 g/mol. The average molecular weight is 361 g/mol. The van der Waals surface area contributed by atoms with Crippen LogP contribution in [0.15, 0.2) is 11.6 Å². The Hall–Kier alpha value is -0.340. The maximum Gasteiger partial charge on any atom is 0.0622 e. The van der Waals surface area contributed by atoms with E-state index in [1.54, 1.807) is 5.57 Å². The van der Waals surface area contributed by atoms with E-state index in [1.165, 1.54) is 38.5 Å². The number of aliphatic hydroxyl groups is 1. The van der Waals surface area contributed by atoms with Crippen LogP contribution in [0.1, 0.15) is 79.1 Å². The summed E-state index contributed by atoms with van der Waals surface area (Å²) in [6.07, 6.45) is 12.3. The molecule has 0 spiro atoms. The second-order valence-corrected chi connectivity index (χ2v) is 11.0. The van der Waals surface area contributed by atoms with E-state index in [9.17, 15) is 5.11 Å². The van der Waals surface area contributed by atoms with E-state index in [0.29, 0.717) is 22.7 Å². The summed E-state index contributed by atoms with van der Waals surface area (Å²) in [7, 11) is 1.88. The SMILES string of the molecule is C/C=C1/CC[C@H]2[C@@H]3[C@H](COC)C[C@H]4C[C@](C)(O)CC[C@]4(C)[C@H]3CC[C@]12C. The number of ether oxygens (including phenoxy) is 1. The number of rotatable bonds is 2. The Balaban J connectivity index is 1.70. The molecule has 4 aliphatic rings. The van der Waals surface area contributed by atoms with Crippen LogP contribution in [0.25, 0.3) is 0 Å². The van der Waals surface area contributed by atoms with E-state index in [-0.39, 0.29) is 0 Å². The number of hydrogen-bond donors (Lipinski definition) is 1. The molecule has 1 N–H and O–H groups in total. The second kappa shape index (κ2) is 6.34. The van der Waals surface area contributed by atoms with E-state index >= 15 is 0 Å². The predicted molar refractivity (Wildman–Crippen MR) is 107 cm³/mol. The third-order valence-corrected chi connectivity index (χ3v) is 9.71. The van der Waals surface area contributed by atoms with Crippen LogP contribution in [-0.4, -0.2) is 24.4 Å². The highest BCUT2D eigenvalue weighted by Gasteiger charge is 2.62. The van der Waals surface area contributed by atoms with Gasteiger partial charge in [0.25, 0.3) is 0 Å². The summed E-state index contributed by atoms with van der Waals surface area (Å²) in [5, 5.41) is 10.8. The molecular formula is C24H40O2. The minimum absolute atomic E-state index is 0.428. The van der Waals surface area contributed by atoms with Gasteiger partial charge in [-0.25, -0.2) is 0 Å². The molecule has 0 saturated heterocycles. The van der Waals surface area contributed by atoms with E-state index in [4.69, 9.17) is 4.74 Å². The Bertz CT molecular complexity index is 579. The summed E-state index contributed by atoms with van der Waals surface area (Å²) in [6.45, 7) is 10.4. The molecule has 0 aliphatic heterocycles. The Morgan fingerprint density at radius 1 is 1.12 bits per heavy atom. The van der Waals surface area contributed by atoms with Crippen molar-refractivity contribution in [1.29, 1.82) is 0 Å². The largest absolute Gasteiger partial charge is 0.390 e. The van der Waals surface area contributed by atoms with Crippen LogP contribution in [0.4, 0.5) is 0 Å². The summed E-state index contributed by atoms with van der Waals surface area (Å²) in [5.74, 6) is 3.83. The molecule has 148 valence electrons. The lowest BCUT2D eigenvalue weighted by atomic mass is 9.42. The van der Waals surface area contributed by atoms with Crippen molar-refractivity contribution in [3.63, 3.8) is 0 Å². The lowest BCUT2D eigenvalue weighted by molar-refractivity contribution is -0.167. The molecule has 8 atom stereocenters. The molecule has 0 radical (unpaired) electrons. The second-order valence-electron chi connectivity index (χ2n) is 11.0. The van der Waals surface area contributed by atoms with Gasteiger partial charge >= 0.3 is 0 Å². The summed E-state index contributed by atoms with van der Waals surface area (Å²) >= 11 is 0. The van der Waals surface area contributed by atoms with Crippen LogP contribution in [-0.2, 0) is 4.74 Å². The summed E-state index contributed by atoms with van der Waals surface area (Å²) in [6, 6.07) is 0. The lowest BCUT2D eigenvalue weighted by Gasteiger charge is -2.63. The van der Waals surface area contributed by atoms with Crippen molar-refractivity contribution < 1.29 is 9.84 Å². The van der Waals surface area contributed by atoms with Gasteiger partial charge in [-0.15, -0.1) is 0 Å². The zero-order valence-corrected chi connectivity index (χ0v) is 17.7. The van der Waals surface area contributed by atoms with Gasteiger partial charge in [0, 0.05) is 13.7 Å². The van der Waals surface area contributed by atoms with Gasteiger partial charge in [0.2, 0.25) is 0 Å². The molecule has 0 aromatic heterocycles. The van der Waals surface area contributed by atoms with Gasteiger partial charge in [0.05, 0.1) is 5.60 Å². The number of methoxy groups -OCH3 is 1. The Morgan fingerprint density at radius 3 is 2.58 bits per heavy atom. The zero-order chi connectivity index (χ0) is 18.7. The maximum absolute atomic E-state index is 10.8. The van der Waals surface area contributed by atoms with E-state index in [1.807, 2.05) is 7.11 Å². The van der Waals surface area contributed by atoms with Gasteiger partial charge in [-0.05, 0) is 106 Å². The topological polar surface area (TPSA) is 29.5 Å². The predicted octanol–water partition coefficient (Wildman–Crippen LogP) is 5.60. The van der Waals surface area contributed by atoms with Crippen LogP contribution in [0.3, 0.4) is 0 Å². The normalized spacial score (nSPS) is 55.3. The molecule has 0 aromatic rings. The van der Waals surface area contributed by atoms with E-state index in [2.05, 4.69) is 33.8 Å². The first-order valence-corrected chi connectivity index (χ1v) is 11.1. The van der Waals surface area contributed by atoms with Crippen molar-refractivity contribution in [2.24, 2.45) is 40.4 Å². The molecule has 4 aliphatic carbocycles. The van der Waals surface area contributed by atoms with Crippen LogP contribution < -0.4 is 0 Å². The van der Waals surface area contributed by atoms with E-state index < -0.39 is 5.60 Å². The Labute approximate surface area is 160 Å². The molecule has 4 rings (SSSR count). The smallest absolute Gasteiger partial charge is 0.0622 e. The summed E-state index contributed by atoms with van der Waals surface area (Å²) in [4.78, 5) is 0. The molecular weight excluding hydrogens is 320 g/mol. The van der Waals surface area contributed by atoms with Crippen LogP contribution >= 0.6 is 0 Å². The van der Waals surface area contributed by atoms with Crippen LogP contribution in [0, 0.1) is 40.4 Å². The highest BCUT2D eigenvalue weighted by atomic mass is 16.5. The number of allylic oxidation sites excluding steroid dienone is 2. The third-order valence-electron chi connectivity index (χ3n) is 9.71. The molecule has 0 amide bonds. The molecule has 4 fully saturated rings. The highest BCUT2D eigenvalue weighted by Crippen LogP contribution is 2.69. The molecule has 0 heterocycles. The lowest BCUT2D eigenvalue weighted by Crippen LogP contribution is -2.58. The van der Waals surface area contributed by atoms with Gasteiger partial charge in [0.1, 0.15) is 0 Å². The minimum atomic E-state index is -0.455. The average Bonchev–Trinajstić information content (AvgIpc) is 2.92. The van der Waals surface area contributed by atoms with Crippen molar-refractivity contribution >= 4 is 0 Å². The molecule has 26 heavy (non-hydrogen) atoms. The number of hydrogen-bond acceptors (Lipinski definition) is 2. The fourth-order valence-corrected chi connectivity index (χ4v) is 8.31. The molecule has 0 aromatic carbocycles.